The van der Waals surface area contributed by atoms with Crippen LogP contribution in [0.2, 0.25) is 0 Å². The van der Waals surface area contributed by atoms with Gasteiger partial charge in [-0.2, -0.15) is 0 Å². The van der Waals surface area contributed by atoms with Crippen molar-refractivity contribution >= 4 is 5.69 Å². The third-order valence-electron chi connectivity index (χ3n) is 5.37. The van der Waals surface area contributed by atoms with Crippen molar-refractivity contribution in [1.29, 1.82) is 0 Å². The highest BCUT2D eigenvalue weighted by Gasteiger charge is 2.35. The number of aliphatic hydroxyl groups excluding tert-OH is 1. The minimum atomic E-state index is -0.560. The summed E-state index contributed by atoms with van der Waals surface area (Å²) >= 11 is 0. The molecule has 6 nitrogen and oxygen atoms in total. The largest absolute Gasteiger partial charge is 1.00 e. The molecule has 2 heterocycles. The van der Waals surface area contributed by atoms with Crippen LogP contribution in [0.25, 0.3) is 0 Å². The Kier molecular flexibility index (Phi) is 7.75. The Morgan fingerprint density at radius 3 is 2.45 bits per heavy atom. The summed E-state index contributed by atoms with van der Waals surface area (Å²) in [6, 6.07) is 18.0. The Balaban J connectivity index is 0.00000240. The minimum Gasteiger partial charge on any atom is -1.00 e. The van der Waals surface area contributed by atoms with Crippen LogP contribution >= 0.6 is 0 Å². The number of benzene rings is 2. The number of fused-ring (bicyclic) bond motifs is 1. The molecule has 0 amide bonds. The summed E-state index contributed by atoms with van der Waals surface area (Å²) in [5.74, 6) is 1.50. The monoisotopic (exact) mass is 421 g/mol. The zero-order chi connectivity index (χ0) is 19.2. The van der Waals surface area contributed by atoms with Gasteiger partial charge < -0.3 is 36.5 Å². The molecular formula is C22H28ClNO5. The summed E-state index contributed by atoms with van der Waals surface area (Å²) in [5.41, 5.74) is 1.21. The smallest absolute Gasteiger partial charge is 0.161 e. The van der Waals surface area contributed by atoms with Crippen LogP contribution in [-0.2, 0) is 9.47 Å². The van der Waals surface area contributed by atoms with E-state index in [-0.39, 0.29) is 25.1 Å². The van der Waals surface area contributed by atoms with E-state index < -0.39 is 6.10 Å². The topological polar surface area (TPSA) is 57.2 Å². The number of hydrogen-bond donors (Lipinski definition) is 1. The van der Waals surface area contributed by atoms with E-state index in [0.29, 0.717) is 33.0 Å². The average Bonchev–Trinajstić information content (AvgIpc) is 2.75. The summed E-state index contributed by atoms with van der Waals surface area (Å²) < 4.78 is 23.7. The molecule has 1 N–H and O–H groups in total. The Hall–Kier alpha value is -1.83. The van der Waals surface area contributed by atoms with Gasteiger partial charge in [0, 0.05) is 0 Å². The van der Waals surface area contributed by atoms with Crippen molar-refractivity contribution in [1.82, 2.24) is 4.48 Å². The number of halogens is 1. The van der Waals surface area contributed by atoms with Crippen LogP contribution in [0.15, 0.2) is 54.6 Å². The standard InChI is InChI=1S/C22H28NO5.ClH/c24-19(14-23(10-12-25-13-11-23)18-6-2-1-3-7-18)15-26-16-20-17-27-21-8-4-5-9-22(21)28-20;/h1-9,19-20,24H,10-17H2;1H/q+1;/p-1. The highest BCUT2D eigenvalue weighted by Crippen LogP contribution is 2.31. The molecule has 2 aliphatic heterocycles. The van der Waals surface area contributed by atoms with E-state index >= 15 is 0 Å². The molecule has 7 heteroatoms. The molecule has 4 rings (SSSR count). The van der Waals surface area contributed by atoms with Crippen LogP contribution in [0.3, 0.4) is 0 Å². The van der Waals surface area contributed by atoms with Crippen molar-refractivity contribution in [3.63, 3.8) is 0 Å². The number of morpholine rings is 1. The van der Waals surface area contributed by atoms with E-state index in [1.54, 1.807) is 0 Å². The Labute approximate surface area is 177 Å². The fourth-order valence-corrected chi connectivity index (χ4v) is 3.92. The number of rotatable bonds is 7. The first-order valence-corrected chi connectivity index (χ1v) is 9.89. The average molecular weight is 422 g/mol. The molecule has 158 valence electrons. The number of hydrogen-bond acceptors (Lipinski definition) is 5. The molecule has 0 spiro atoms. The maximum Gasteiger partial charge on any atom is 0.161 e. The Bertz CT molecular complexity index is 754. The lowest BCUT2D eigenvalue weighted by Gasteiger charge is -2.42. The molecule has 2 aromatic rings. The van der Waals surface area contributed by atoms with Crippen molar-refractivity contribution in [2.75, 3.05) is 52.7 Å². The van der Waals surface area contributed by atoms with Gasteiger partial charge in [0.05, 0.1) is 26.4 Å². The van der Waals surface area contributed by atoms with Gasteiger partial charge in [0.2, 0.25) is 0 Å². The quantitative estimate of drug-likeness (QED) is 0.596. The maximum atomic E-state index is 10.7. The zero-order valence-electron chi connectivity index (χ0n) is 16.4. The highest BCUT2D eigenvalue weighted by molar-refractivity contribution is 5.43. The van der Waals surface area contributed by atoms with E-state index in [9.17, 15) is 5.11 Å². The van der Waals surface area contributed by atoms with Crippen LogP contribution in [0, 0.1) is 0 Å². The summed E-state index contributed by atoms with van der Waals surface area (Å²) in [6.07, 6.45) is -0.724. The van der Waals surface area contributed by atoms with Crippen LogP contribution in [0.4, 0.5) is 5.69 Å². The second-order valence-corrected chi connectivity index (χ2v) is 7.41. The molecular weight excluding hydrogens is 394 g/mol. The lowest BCUT2D eigenvalue weighted by molar-refractivity contribution is -0.0376. The maximum absolute atomic E-state index is 10.7. The van der Waals surface area contributed by atoms with Crippen molar-refractivity contribution in [2.24, 2.45) is 0 Å². The van der Waals surface area contributed by atoms with Gasteiger partial charge in [0.25, 0.3) is 0 Å². The number of ether oxygens (including phenoxy) is 4. The van der Waals surface area contributed by atoms with Crippen LogP contribution in [0.5, 0.6) is 11.5 Å². The molecule has 2 aromatic carbocycles. The Morgan fingerprint density at radius 1 is 1.00 bits per heavy atom. The first-order valence-electron chi connectivity index (χ1n) is 9.89. The lowest BCUT2D eigenvalue weighted by Crippen LogP contribution is -3.00. The van der Waals surface area contributed by atoms with Gasteiger partial charge in [0.15, 0.2) is 17.6 Å². The van der Waals surface area contributed by atoms with Crippen molar-refractivity contribution in [3.05, 3.63) is 54.6 Å². The lowest BCUT2D eigenvalue weighted by atomic mass is 10.1. The molecule has 2 aliphatic rings. The van der Waals surface area contributed by atoms with Crippen molar-refractivity contribution in [3.8, 4) is 11.5 Å². The number of para-hydroxylation sites is 3. The van der Waals surface area contributed by atoms with E-state index in [1.807, 2.05) is 42.5 Å². The summed E-state index contributed by atoms with van der Waals surface area (Å²) in [6.45, 7) is 4.85. The fourth-order valence-electron chi connectivity index (χ4n) is 3.92. The molecule has 0 aliphatic carbocycles. The molecule has 2 unspecified atom stereocenters. The van der Waals surface area contributed by atoms with Gasteiger partial charge in [-0.25, -0.2) is 0 Å². The van der Waals surface area contributed by atoms with Gasteiger partial charge in [-0.15, -0.1) is 0 Å². The van der Waals surface area contributed by atoms with Gasteiger partial charge in [-0.05, 0) is 24.3 Å². The fraction of sp³-hybridized carbons (Fsp3) is 0.455. The van der Waals surface area contributed by atoms with Gasteiger partial charge in [-0.1, -0.05) is 30.3 Å². The predicted octanol–water partition coefficient (Wildman–Crippen LogP) is -0.754. The van der Waals surface area contributed by atoms with Crippen molar-refractivity contribution < 1.29 is 36.5 Å². The van der Waals surface area contributed by atoms with Crippen molar-refractivity contribution in [2.45, 2.75) is 12.2 Å². The first-order chi connectivity index (χ1) is 13.8. The van der Waals surface area contributed by atoms with Gasteiger partial charge >= 0.3 is 0 Å². The van der Waals surface area contributed by atoms with Gasteiger partial charge in [0.1, 0.15) is 38.0 Å². The molecule has 0 saturated carbocycles. The van der Waals surface area contributed by atoms with E-state index in [2.05, 4.69) is 12.1 Å². The minimum absolute atomic E-state index is 0. The molecule has 29 heavy (non-hydrogen) atoms. The second-order valence-electron chi connectivity index (χ2n) is 7.41. The molecule has 2 atom stereocenters. The predicted molar refractivity (Wildman–Crippen MR) is 107 cm³/mol. The normalized spacial score (nSPS) is 21.1. The molecule has 0 bridgehead atoms. The third-order valence-corrected chi connectivity index (χ3v) is 5.37. The summed E-state index contributed by atoms with van der Waals surface area (Å²) in [5, 5.41) is 10.7. The van der Waals surface area contributed by atoms with Crippen LogP contribution < -0.4 is 26.4 Å². The van der Waals surface area contributed by atoms with Gasteiger partial charge in [-0.3, -0.25) is 4.48 Å². The molecule has 1 fully saturated rings. The highest BCUT2D eigenvalue weighted by atomic mass is 35.5. The summed E-state index contributed by atoms with van der Waals surface area (Å²) in [4.78, 5) is 0. The number of nitrogens with zero attached hydrogens (tertiary/aromatic N) is 1. The molecule has 0 aromatic heterocycles. The van der Waals surface area contributed by atoms with Crippen LogP contribution in [-0.4, -0.2) is 70.0 Å². The Morgan fingerprint density at radius 2 is 1.69 bits per heavy atom. The third kappa shape index (κ3) is 5.41. The van der Waals surface area contributed by atoms with E-state index in [1.165, 1.54) is 5.69 Å². The zero-order valence-corrected chi connectivity index (χ0v) is 17.2. The second kappa shape index (κ2) is 10.3. The first kappa shape index (κ1) is 21.9. The molecule has 1 saturated heterocycles. The summed E-state index contributed by atoms with van der Waals surface area (Å²) in [7, 11) is 0. The molecule has 0 radical (unpaired) electrons. The van der Waals surface area contributed by atoms with Crippen LogP contribution in [0.1, 0.15) is 0 Å². The number of aliphatic hydroxyl groups is 1. The van der Waals surface area contributed by atoms with E-state index in [4.69, 9.17) is 18.9 Å². The van der Waals surface area contributed by atoms with E-state index in [0.717, 1.165) is 29.1 Å². The number of quaternary nitrogens is 1. The SMILES string of the molecule is OC(COCC1COc2ccccc2O1)C[N+]1(c2ccccc2)CCOCC1.[Cl-].